The summed E-state index contributed by atoms with van der Waals surface area (Å²) < 4.78 is 4.92. The molecule has 1 aromatic carbocycles. The smallest absolute Gasteiger partial charge is 0.328 e. The molecule has 1 aromatic rings. The molecule has 3 amide bonds. The van der Waals surface area contributed by atoms with Crippen LogP contribution >= 0.6 is 0 Å². The van der Waals surface area contributed by atoms with Gasteiger partial charge in [0.1, 0.15) is 0 Å². The number of fused-ring (bicyclic) bond motifs is 3. The molecule has 0 radical (unpaired) electrons. The molecule has 0 aliphatic carbocycles. The Morgan fingerprint density at radius 2 is 2.00 bits per heavy atom. The topological polar surface area (TPSA) is 85.8 Å². The molecule has 1 fully saturated rings. The van der Waals surface area contributed by atoms with Crippen molar-refractivity contribution in [3.8, 4) is 0 Å². The fraction of sp³-hybridized carbons (Fsp3) is 0.429. The lowest BCUT2D eigenvalue weighted by molar-refractivity contribution is -0.144. The molecule has 0 spiro atoms. The fourth-order valence-corrected chi connectivity index (χ4v) is 4.08. The van der Waals surface area contributed by atoms with Crippen LogP contribution in [-0.4, -0.2) is 71.0 Å². The summed E-state index contributed by atoms with van der Waals surface area (Å²) in [5, 5.41) is 0. The molecular formula is C21H25N5O4. The summed E-state index contributed by atoms with van der Waals surface area (Å²) in [6.07, 6.45) is 1.24. The zero-order valence-electron chi connectivity index (χ0n) is 17.5. The van der Waals surface area contributed by atoms with Crippen molar-refractivity contribution in [1.82, 2.24) is 14.7 Å². The third-order valence-corrected chi connectivity index (χ3v) is 5.49. The van der Waals surface area contributed by atoms with Crippen LogP contribution in [0, 0.1) is 6.92 Å². The van der Waals surface area contributed by atoms with E-state index < -0.39 is 24.2 Å². The molecule has 2 unspecified atom stereocenters. The zero-order chi connectivity index (χ0) is 21.6. The lowest BCUT2D eigenvalue weighted by atomic mass is 10.1. The van der Waals surface area contributed by atoms with Gasteiger partial charge in [0.05, 0.1) is 13.0 Å². The van der Waals surface area contributed by atoms with E-state index in [2.05, 4.69) is 0 Å². The van der Waals surface area contributed by atoms with E-state index in [0.29, 0.717) is 5.96 Å². The molecule has 3 heterocycles. The molecule has 4 rings (SSSR count). The van der Waals surface area contributed by atoms with E-state index >= 15 is 0 Å². The molecule has 0 bridgehead atoms. The third-order valence-electron chi connectivity index (χ3n) is 5.49. The van der Waals surface area contributed by atoms with E-state index in [4.69, 9.17) is 9.73 Å². The number of imide groups is 1. The first-order valence-electron chi connectivity index (χ1n) is 9.98. The van der Waals surface area contributed by atoms with Crippen molar-refractivity contribution >= 4 is 29.6 Å². The van der Waals surface area contributed by atoms with E-state index in [0.717, 1.165) is 21.8 Å². The lowest BCUT2D eigenvalue weighted by Gasteiger charge is -2.40. The minimum absolute atomic E-state index is 0.0163. The number of likely N-dealkylation sites (N-methyl/N-ethyl adjacent to an activating group) is 1. The molecule has 0 saturated carbocycles. The normalized spacial score (nSPS) is 22.8. The van der Waals surface area contributed by atoms with E-state index in [1.54, 1.807) is 14.0 Å². The maximum Gasteiger partial charge on any atom is 0.328 e. The molecule has 2 atom stereocenters. The second-order valence-corrected chi connectivity index (χ2v) is 7.58. The molecule has 1 saturated heterocycles. The van der Waals surface area contributed by atoms with Crippen molar-refractivity contribution in [2.24, 2.45) is 4.99 Å². The number of amides is 3. The van der Waals surface area contributed by atoms with E-state index in [1.807, 2.05) is 54.1 Å². The minimum atomic E-state index is -0.658. The van der Waals surface area contributed by atoms with Crippen LogP contribution in [-0.2, 0) is 14.3 Å². The predicted molar refractivity (Wildman–Crippen MR) is 110 cm³/mol. The summed E-state index contributed by atoms with van der Waals surface area (Å²) in [7, 11) is 1.63. The van der Waals surface area contributed by atoms with Crippen molar-refractivity contribution in [2.45, 2.75) is 39.4 Å². The summed E-state index contributed by atoms with van der Waals surface area (Å²) in [6.45, 7) is 5.93. The van der Waals surface area contributed by atoms with Gasteiger partial charge >= 0.3 is 12.0 Å². The lowest BCUT2D eigenvalue weighted by Crippen LogP contribution is -2.64. The number of allylic oxidation sites excluding steroid dienone is 1. The Morgan fingerprint density at radius 3 is 2.70 bits per heavy atom. The van der Waals surface area contributed by atoms with Gasteiger partial charge in [-0.25, -0.2) is 9.79 Å². The monoisotopic (exact) mass is 411 g/mol. The molecule has 158 valence electrons. The molecule has 9 nitrogen and oxygen atoms in total. The molecular weight excluding hydrogens is 386 g/mol. The highest BCUT2D eigenvalue weighted by Gasteiger charge is 2.54. The van der Waals surface area contributed by atoms with Gasteiger partial charge in [0.25, 0.3) is 5.91 Å². The molecule has 30 heavy (non-hydrogen) atoms. The Morgan fingerprint density at radius 1 is 1.23 bits per heavy atom. The highest BCUT2D eigenvalue weighted by Crippen LogP contribution is 2.36. The van der Waals surface area contributed by atoms with Crippen LogP contribution in [0.4, 0.5) is 10.5 Å². The number of nitrogens with zero attached hydrogens (tertiary/aromatic N) is 5. The van der Waals surface area contributed by atoms with Crippen molar-refractivity contribution in [1.29, 1.82) is 0 Å². The first-order chi connectivity index (χ1) is 14.3. The number of aliphatic imine (C=N–C) groups is 1. The highest BCUT2D eigenvalue weighted by atomic mass is 16.5. The standard InChI is InChI=1S/C21H25N5O4/c1-5-30-16(27)9-10-24-19(28)17-18(23(4)21(24)29)22-20-25(17)12-14(3)26(20)15-8-6-7-13(2)11-15/h6-8,11-12,17-18H,5,9-10H2,1-4H3. The van der Waals surface area contributed by atoms with Gasteiger partial charge in [-0.05, 0) is 38.5 Å². The Hall–Kier alpha value is -3.36. The minimum Gasteiger partial charge on any atom is -0.466 e. The summed E-state index contributed by atoms with van der Waals surface area (Å²) in [4.78, 5) is 48.9. The zero-order valence-corrected chi connectivity index (χ0v) is 17.5. The van der Waals surface area contributed by atoms with Gasteiger partial charge in [-0.15, -0.1) is 0 Å². The van der Waals surface area contributed by atoms with E-state index in [1.165, 1.54) is 4.90 Å². The average molecular weight is 411 g/mol. The number of aryl methyl sites for hydroxylation is 1. The first-order valence-corrected chi connectivity index (χ1v) is 9.98. The van der Waals surface area contributed by atoms with Crippen molar-refractivity contribution < 1.29 is 19.1 Å². The maximum atomic E-state index is 13.2. The summed E-state index contributed by atoms with van der Waals surface area (Å²) in [6, 6.07) is 6.91. The SMILES string of the molecule is CCOC(=O)CCN1C(=O)C2C(N=C3N(c4cccc(C)c4)C(C)=CN32)N(C)C1=O. The summed E-state index contributed by atoms with van der Waals surface area (Å²) >= 11 is 0. The second-order valence-electron chi connectivity index (χ2n) is 7.58. The Balaban J connectivity index is 1.61. The van der Waals surface area contributed by atoms with Crippen LogP contribution in [0.15, 0.2) is 41.2 Å². The van der Waals surface area contributed by atoms with Crippen LogP contribution < -0.4 is 4.90 Å². The molecule has 0 aromatic heterocycles. The van der Waals surface area contributed by atoms with Gasteiger partial charge in [0, 0.05) is 31.2 Å². The average Bonchev–Trinajstić information content (AvgIpc) is 3.21. The molecule has 3 aliphatic heterocycles. The van der Waals surface area contributed by atoms with Crippen LogP contribution in [0.2, 0.25) is 0 Å². The Kier molecular flexibility index (Phi) is 4.97. The molecule has 3 aliphatic rings. The number of benzene rings is 1. The first kappa shape index (κ1) is 19.9. The van der Waals surface area contributed by atoms with Gasteiger partial charge in [0.15, 0.2) is 12.2 Å². The van der Waals surface area contributed by atoms with Gasteiger partial charge in [-0.3, -0.25) is 19.4 Å². The summed E-state index contributed by atoms with van der Waals surface area (Å²) in [5.74, 6) is -0.177. The quantitative estimate of drug-likeness (QED) is 0.688. The van der Waals surface area contributed by atoms with Gasteiger partial charge in [-0.2, -0.15) is 0 Å². The number of hydrogen-bond donors (Lipinski definition) is 0. The van der Waals surface area contributed by atoms with E-state index in [-0.39, 0.29) is 25.5 Å². The van der Waals surface area contributed by atoms with Gasteiger partial charge < -0.3 is 14.5 Å². The maximum absolute atomic E-state index is 13.2. The number of esters is 1. The third kappa shape index (κ3) is 3.10. The van der Waals surface area contributed by atoms with Gasteiger partial charge in [-0.1, -0.05) is 12.1 Å². The Labute approximate surface area is 175 Å². The molecule has 9 heteroatoms. The number of hydrogen-bond acceptors (Lipinski definition) is 7. The number of carbonyl (C=O) groups excluding carboxylic acids is 3. The van der Waals surface area contributed by atoms with Crippen molar-refractivity contribution in [3.63, 3.8) is 0 Å². The highest BCUT2D eigenvalue weighted by molar-refractivity contribution is 6.10. The van der Waals surface area contributed by atoms with Crippen LogP contribution in [0.1, 0.15) is 25.8 Å². The second kappa shape index (κ2) is 7.47. The number of urea groups is 1. The van der Waals surface area contributed by atoms with Crippen LogP contribution in [0.5, 0.6) is 0 Å². The van der Waals surface area contributed by atoms with Crippen LogP contribution in [0.25, 0.3) is 0 Å². The Bertz CT molecular complexity index is 972. The molecule has 0 N–H and O–H groups in total. The predicted octanol–water partition coefficient (Wildman–Crippen LogP) is 1.89. The largest absolute Gasteiger partial charge is 0.466 e. The van der Waals surface area contributed by atoms with E-state index in [9.17, 15) is 14.4 Å². The van der Waals surface area contributed by atoms with Crippen molar-refractivity contribution in [3.05, 3.63) is 41.7 Å². The van der Waals surface area contributed by atoms with Crippen LogP contribution in [0.3, 0.4) is 0 Å². The number of ether oxygens (including phenoxy) is 1. The van der Waals surface area contributed by atoms with Crippen molar-refractivity contribution in [2.75, 3.05) is 25.1 Å². The number of carbonyl (C=O) groups is 3. The fourth-order valence-electron chi connectivity index (χ4n) is 4.08. The number of guanidine groups is 1. The van der Waals surface area contributed by atoms with Gasteiger partial charge in [0.2, 0.25) is 5.96 Å². The number of rotatable bonds is 5. The number of anilines is 1. The summed E-state index contributed by atoms with van der Waals surface area (Å²) in [5.41, 5.74) is 3.00.